The fourth-order valence-corrected chi connectivity index (χ4v) is 0.993. The van der Waals surface area contributed by atoms with Crippen LogP contribution in [0.3, 0.4) is 0 Å². The largest absolute Gasteiger partial charge is 0.418 e. The van der Waals surface area contributed by atoms with Gasteiger partial charge in [-0.25, -0.2) is 0 Å². The molecule has 0 fully saturated rings. The molecule has 0 aromatic carbocycles. The molecule has 66 valence electrons. The molecule has 0 saturated carbocycles. The first-order valence-corrected chi connectivity index (χ1v) is 3.41. The van der Waals surface area contributed by atoms with Crippen molar-refractivity contribution in [2.24, 2.45) is 0 Å². The number of aromatic nitrogens is 1. The fourth-order valence-electron chi connectivity index (χ4n) is 0.993. The predicted molar refractivity (Wildman–Crippen MR) is 38.7 cm³/mol. The molecule has 1 nitrogen and oxygen atoms in total. The molecule has 0 N–H and O–H groups in total. The van der Waals surface area contributed by atoms with Gasteiger partial charge in [-0.3, -0.25) is 4.98 Å². The molecule has 0 aliphatic heterocycles. The van der Waals surface area contributed by atoms with Crippen molar-refractivity contribution in [3.8, 4) is 0 Å². The van der Waals surface area contributed by atoms with E-state index in [1.165, 1.54) is 13.0 Å². The number of aryl methyl sites for hydroxylation is 2. The van der Waals surface area contributed by atoms with Crippen LogP contribution in [-0.4, -0.2) is 4.98 Å². The summed E-state index contributed by atoms with van der Waals surface area (Å²) in [6.07, 6.45) is -3.42. The van der Waals surface area contributed by atoms with Crippen LogP contribution in [0.15, 0.2) is 12.3 Å². The van der Waals surface area contributed by atoms with Gasteiger partial charge in [0, 0.05) is 11.9 Å². The standard InChI is InChI=1S/C8H8F3N/c1-5-3-6(2)12-4-7(5)8(9,10)11/h3-4H,1-2H3. The average Bonchev–Trinajstić information content (AvgIpc) is 1.83. The zero-order valence-corrected chi connectivity index (χ0v) is 6.74. The minimum absolute atomic E-state index is 0.218. The predicted octanol–water partition coefficient (Wildman–Crippen LogP) is 2.72. The number of hydrogen-bond acceptors (Lipinski definition) is 1. The molecule has 12 heavy (non-hydrogen) atoms. The van der Waals surface area contributed by atoms with Crippen molar-refractivity contribution in [2.75, 3.05) is 0 Å². The van der Waals surface area contributed by atoms with Crippen molar-refractivity contribution in [1.82, 2.24) is 4.98 Å². The lowest BCUT2D eigenvalue weighted by molar-refractivity contribution is -0.138. The number of nitrogens with zero attached hydrogens (tertiary/aromatic N) is 1. The molecule has 0 bridgehead atoms. The van der Waals surface area contributed by atoms with Crippen molar-refractivity contribution in [3.05, 3.63) is 29.1 Å². The average molecular weight is 175 g/mol. The van der Waals surface area contributed by atoms with Crippen LogP contribution < -0.4 is 0 Å². The highest BCUT2D eigenvalue weighted by Crippen LogP contribution is 2.30. The number of hydrogen-bond donors (Lipinski definition) is 0. The molecule has 4 heteroatoms. The SMILES string of the molecule is Cc1cc(C)c(C(F)(F)F)cn1. The highest BCUT2D eigenvalue weighted by molar-refractivity contribution is 5.27. The highest BCUT2D eigenvalue weighted by atomic mass is 19.4. The first-order chi connectivity index (χ1) is 5.41. The van der Waals surface area contributed by atoms with E-state index in [9.17, 15) is 13.2 Å². The van der Waals surface area contributed by atoms with Crippen molar-refractivity contribution < 1.29 is 13.2 Å². The van der Waals surface area contributed by atoms with Gasteiger partial charge in [-0.2, -0.15) is 13.2 Å². The Labute approximate surface area is 68.2 Å². The lowest BCUT2D eigenvalue weighted by atomic mass is 10.1. The van der Waals surface area contributed by atoms with Crippen LogP contribution in [0.2, 0.25) is 0 Å². The number of rotatable bonds is 0. The van der Waals surface area contributed by atoms with Crippen LogP contribution in [0.5, 0.6) is 0 Å². The van der Waals surface area contributed by atoms with Crippen LogP contribution in [-0.2, 0) is 6.18 Å². The lowest BCUT2D eigenvalue weighted by Gasteiger charge is -2.09. The third-order valence-corrected chi connectivity index (χ3v) is 1.55. The van der Waals surface area contributed by atoms with Gasteiger partial charge < -0.3 is 0 Å². The lowest BCUT2D eigenvalue weighted by Crippen LogP contribution is -2.08. The molecular weight excluding hydrogens is 167 g/mol. The Morgan fingerprint density at radius 1 is 1.25 bits per heavy atom. The molecule has 1 heterocycles. The summed E-state index contributed by atoms with van der Waals surface area (Å²) in [4.78, 5) is 3.59. The minimum Gasteiger partial charge on any atom is -0.261 e. The van der Waals surface area contributed by atoms with Crippen molar-refractivity contribution in [3.63, 3.8) is 0 Å². The van der Waals surface area contributed by atoms with Gasteiger partial charge in [0.05, 0.1) is 5.56 Å². The number of pyridine rings is 1. The smallest absolute Gasteiger partial charge is 0.261 e. The Balaban J connectivity index is 3.19. The molecule has 0 atom stereocenters. The summed E-state index contributed by atoms with van der Waals surface area (Å²) in [5.41, 5.74) is 0.156. The zero-order chi connectivity index (χ0) is 9.35. The maximum atomic E-state index is 12.1. The summed E-state index contributed by atoms with van der Waals surface area (Å²) in [7, 11) is 0. The van der Waals surface area contributed by atoms with Gasteiger partial charge in [-0.15, -0.1) is 0 Å². The quantitative estimate of drug-likeness (QED) is 0.590. The summed E-state index contributed by atoms with van der Waals surface area (Å²) in [6.45, 7) is 3.09. The molecule has 0 aliphatic carbocycles. The molecule has 0 aliphatic rings. The molecule has 0 radical (unpaired) electrons. The van der Waals surface area contributed by atoms with E-state index in [0.29, 0.717) is 5.69 Å². The second-order valence-electron chi connectivity index (χ2n) is 2.64. The Morgan fingerprint density at radius 2 is 1.83 bits per heavy atom. The Kier molecular flexibility index (Phi) is 2.08. The van der Waals surface area contributed by atoms with E-state index in [-0.39, 0.29) is 5.56 Å². The van der Waals surface area contributed by atoms with E-state index in [4.69, 9.17) is 0 Å². The zero-order valence-electron chi connectivity index (χ0n) is 6.74. The third-order valence-electron chi connectivity index (χ3n) is 1.55. The van der Waals surface area contributed by atoms with E-state index in [1.54, 1.807) is 6.92 Å². The van der Waals surface area contributed by atoms with Gasteiger partial charge in [0.25, 0.3) is 0 Å². The Morgan fingerprint density at radius 3 is 2.25 bits per heavy atom. The summed E-state index contributed by atoms with van der Waals surface area (Å²) in [5, 5.41) is 0. The first kappa shape index (κ1) is 9.03. The second kappa shape index (κ2) is 2.77. The summed E-state index contributed by atoms with van der Waals surface area (Å²) >= 11 is 0. The van der Waals surface area contributed by atoms with Crippen molar-refractivity contribution >= 4 is 0 Å². The molecule has 0 amide bonds. The van der Waals surface area contributed by atoms with Gasteiger partial charge in [0.2, 0.25) is 0 Å². The first-order valence-electron chi connectivity index (χ1n) is 3.41. The molecule has 1 rings (SSSR count). The fraction of sp³-hybridized carbons (Fsp3) is 0.375. The maximum Gasteiger partial charge on any atom is 0.418 e. The van der Waals surface area contributed by atoms with E-state index in [1.807, 2.05) is 0 Å². The molecular formula is C8H8F3N. The van der Waals surface area contributed by atoms with E-state index < -0.39 is 11.7 Å². The van der Waals surface area contributed by atoms with Gasteiger partial charge in [0.15, 0.2) is 0 Å². The molecule has 1 aromatic heterocycles. The Bertz CT molecular complexity index is 291. The summed E-state index contributed by atoms with van der Waals surface area (Å²) in [5.74, 6) is 0. The van der Waals surface area contributed by atoms with E-state index >= 15 is 0 Å². The van der Waals surface area contributed by atoms with Crippen LogP contribution in [0.25, 0.3) is 0 Å². The van der Waals surface area contributed by atoms with Crippen LogP contribution in [0.4, 0.5) is 13.2 Å². The molecule has 1 aromatic rings. The molecule has 0 unspecified atom stereocenters. The van der Waals surface area contributed by atoms with E-state index in [2.05, 4.69) is 4.98 Å². The van der Waals surface area contributed by atoms with Gasteiger partial charge >= 0.3 is 6.18 Å². The topological polar surface area (TPSA) is 12.9 Å². The third kappa shape index (κ3) is 1.75. The molecule has 0 spiro atoms. The summed E-state index contributed by atoms with van der Waals surface area (Å²) in [6, 6.07) is 1.42. The summed E-state index contributed by atoms with van der Waals surface area (Å²) < 4.78 is 36.4. The minimum atomic E-state index is -4.29. The van der Waals surface area contributed by atoms with Crippen LogP contribution >= 0.6 is 0 Å². The highest BCUT2D eigenvalue weighted by Gasteiger charge is 2.32. The number of alkyl halides is 3. The van der Waals surface area contributed by atoms with Crippen LogP contribution in [0, 0.1) is 13.8 Å². The van der Waals surface area contributed by atoms with Crippen molar-refractivity contribution in [1.29, 1.82) is 0 Å². The normalized spacial score (nSPS) is 11.8. The maximum absolute atomic E-state index is 12.1. The van der Waals surface area contributed by atoms with Gasteiger partial charge in [0.1, 0.15) is 0 Å². The second-order valence-corrected chi connectivity index (χ2v) is 2.64. The van der Waals surface area contributed by atoms with Crippen LogP contribution in [0.1, 0.15) is 16.8 Å². The van der Waals surface area contributed by atoms with Crippen molar-refractivity contribution in [2.45, 2.75) is 20.0 Å². The molecule has 0 saturated heterocycles. The van der Waals surface area contributed by atoms with E-state index in [0.717, 1.165) is 6.20 Å². The Hall–Kier alpha value is -1.06. The number of halogens is 3. The van der Waals surface area contributed by atoms with Gasteiger partial charge in [-0.05, 0) is 25.5 Å². The van der Waals surface area contributed by atoms with Gasteiger partial charge in [-0.1, -0.05) is 0 Å². The monoisotopic (exact) mass is 175 g/mol.